The topological polar surface area (TPSA) is 107 Å². The first kappa shape index (κ1) is 21.7. The summed E-state index contributed by atoms with van der Waals surface area (Å²) in [6, 6.07) is 9.97. The molecule has 0 aliphatic carbocycles. The van der Waals surface area contributed by atoms with Crippen LogP contribution >= 0.6 is 0 Å². The van der Waals surface area contributed by atoms with Gasteiger partial charge in [-0.05, 0) is 18.4 Å². The van der Waals surface area contributed by atoms with Crippen LogP contribution in [-0.4, -0.2) is 28.8 Å². The minimum atomic E-state index is -1.38. The lowest BCUT2D eigenvalue weighted by Crippen LogP contribution is -2.26. The third-order valence-electron chi connectivity index (χ3n) is 5.67. The van der Waals surface area contributed by atoms with E-state index in [9.17, 15) is 14.7 Å². The number of halogens is 1. The fourth-order valence-corrected chi connectivity index (χ4v) is 4.12. The van der Waals surface area contributed by atoms with Gasteiger partial charge in [-0.2, -0.15) is 0 Å². The van der Waals surface area contributed by atoms with Crippen molar-refractivity contribution in [3.63, 3.8) is 0 Å². The highest BCUT2D eigenvalue weighted by Gasteiger charge is 2.32. The number of carboxylic acid groups (broad SMARTS) is 1. The van der Waals surface area contributed by atoms with Crippen LogP contribution in [0.15, 0.2) is 41.3 Å². The highest BCUT2D eigenvalue weighted by atomic mass is 19.1. The molecule has 168 valence electrons. The van der Waals surface area contributed by atoms with Crippen molar-refractivity contribution in [2.24, 2.45) is 5.41 Å². The lowest BCUT2D eigenvalue weighted by molar-refractivity contribution is 0.0694. The first-order valence-electron chi connectivity index (χ1n) is 10.5. The van der Waals surface area contributed by atoms with Gasteiger partial charge in [-0.15, -0.1) is 0 Å². The molecule has 0 fully saturated rings. The Morgan fingerprint density at radius 2 is 2.03 bits per heavy atom. The molecule has 0 saturated carbocycles. The average molecular weight is 439 g/mol. The molecule has 7 nitrogen and oxygen atoms in total. The fraction of sp³-hybridized carbons (Fsp3) is 0.333. The standard InChI is InChI=1S/C24H26FN3O4/c1-24(2)12-28-11-15(23(30)31)21(29)16-18(26)17(25)19(22(20(16)28)32-13-24)27-10-6-9-14-7-4-3-5-8-14/h3-5,7-8,11,27H,6,9-10,12-13,26H2,1-2H3,(H,30,31). The Morgan fingerprint density at radius 3 is 2.72 bits per heavy atom. The quantitative estimate of drug-likeness (QED) is 0.397. The van der Waals surface area contributed by atoms with Crippen molar-refractivity contribution in [3.05, 3.63) is 63.7 Å². The molecule has 2 heterocycles. The van der Waals surface area contributed by atoms with E-state index in [1.165, 1.54) is 11.8 Å². The molecule has 4 N–H and O–H groups in total. The van der Waals surface area contributed by atoms with E-state index in [2.05, 4.69) is 5.32 Å². The van der Waals surface area contributed by atoms with E-state index in [1.54, 1.807) is 4.57 Å². The summed E-state index contributed by atoms with van der Waals surface area (Å²) >= 11 is 0. The number of ether oxygens (including phenoxy) is 1. The Kier molecular flexibility index (Phi) is 5.54. The van der Waals surface area contributed by atoms with Crippen LogP contribution in [0.5, 0.6) is 5.75 Å². The zero-order valence-electron chi connectivity index (χ0n) is 18.1. The third kappa shape index (κ3) is 3.88. The summed E-state index contributed by atoms with van der Waals surface area (Å²) in [7, 11) is 0. The van der Waals surface area contributed by atoms with E-state index in [4.69, 9.17) is 10.5 Å². The second-order valence-electron chi connectivity index (χ2n) is 8.93. The lowest BCUT2D eigenvalue weighted by Gasteiger charge is -2.22. The minimum absolute atomic E-state index is 0.0944. The molecule has 0 spiro atoms. The van der Waals surface area contributed by atoms with E-state index < -0.39 is 22.8 Å². The smallest absolute Gasteiger partial charge is 0.341 e. The maximum Gasteiger partial charge on any atom is 0.341 e. The molecule has 0 atom stereocenters. The van der Waals surface area contributed by atoms with Crippen molar-refractivity contribution in [1.29, 1.82) is 0 Å². The summed E-state index contributed by atoms with van der Waals surface area (Å²) in [5, 5.41) is 12.4. The molecule has 1 aromatic heterocycles. The van der Waals surface area contributed by atoms with Crippen LogP contribution in [0.4, 0.5) is 15.8 Å². The molecule has 0 radical (unpaired) electrons. The lowest BCUT2D eigenvalue weighted by atomic mass is 9.94. The maximum absolute atomic E-state index is 15.4. The minimum Gasteiger partial charge on any atom is -0.488 e. The van der Waals surface area contributed by atoms with Gasteiger partial charge in [-0.1, -0.05) is 44.2 Å². The number of anilines is 2. The second-order valence-corrected chi connectivity index (χ2v) is 8.93. The van der Waals surface area contributed by atoms with Crippen LogP contribution in [0.1, 0.15) is 36.2 Å². The molecular weight excluding hydrogens is 413 g/mol. The zero-order valence-corrected chi connectivity index (χ0v) is 18.1. The van der Waals surface area contributed by atoms with Gasteiger partial charge in [0.15, 0.2) is 11.6 Å². The van der Waals surface area contributed by atoms with Crippen molar-refractivity contribution < 1.29 is 19.0 Å². The number of aromatic carboxylic acids is 1. The van der Waals surface area contributed by atoms with Gasteiger partial charge in [-0.25, -0.2) is 9.18 Å². The molecule has 2 aromatic carbocycles. The number of nitrogens with zero attached hydrogens (tertiary/aromatic N) is 1. The monoisotopic (exact) mass is 439 g/mol. The predicted octanol–water partition coefficient (Wildman–Crippen LogP) is 3.88. The number of nitrogen functional groups attached to an aromatic ring is 1. The number of aromatic nitrogens is 1. The Hall–Kier alpha value is -3.55. The van der Waals surface area contributed by atoms with Crippen LogP contribution in [0.3, 0.4) is 0 Å². The van der Waals surface area contributed by atoms with E-state index in [1.807, 2.05) is 44.2 Å². The van der Waals surface area contributed by atoms with Gasteiger partial charge in [0.1, 0.15) is 11.3 Å². The number of nitrogens with one attached hydrogen (secondary N) is 1. The van der Waals surface area contributed by atoms with Crippen LogP contribution in [0, 0.1) is 11.2 Å². The number of carboxylic acids is 1. The normalized spacial score (nSPS) is 14.6. The zero-order chi connectivity index (χ0) is 23.0. The summed E-state index contributed by atoms with van der Waals surface area (Å²) < 4.78 is 23.0. The largest absolute Gasteiger partial charge is 0.488 e. The summed E-state index contributed by atoms with van der Waals surface area (Å²) in [5.41, 5.74) is 5.61. The number of hydrogen-bond acceptors (Lipinski definition) is 5. The predicted molar refractivity (Wildman–Crippen MR) is 122 cm³/mol. The Morgan fingerprint density at radius 1 is 1.31 bits per heavy atom. The van der Waals surface area contributed by atoms with Gasteiger partial charge in [0.2, 0.25) is 5.43 Å². The first-order chi connectivity index (χ1) is 15.2. The fourth-order valence-electron chi connectivity index (χ4n) is 4.12. The molecule has 0 amide bonds. The van der Waals surface area contributed by atoms with Gasteiger partial charge in [0, 0.05) is 24.7 Å². The number of aryl methyl sites for hydroxylation is 1. The number of nitrogens with two attached hydrogens (primary N) is 1. The molecule has 32 heavy (non-hydrogen) atoms. The Labute approximate surface area is 184 Å². The highest BCUT2D eigenvalue weighted by molar-refractivity contribution is 6.03. The van der Waals surface area contributed by atoms with Crippen molar-refractivity contribution in [3.8, 4) is 5.75 Å². The van der Waals surface area contributed by atoms with Crippen molar-refractivity contribution >= 4 is 28.2 Å². The van der Waals surface area contributed by atoms with Gasteiger partial charge in [0.05, 0.1) is 23.2 Å². The molecule has 4 rings (SSSR count). The average Bonchev–Trinajstić information content (AvgIpc) is 2.88. The number of benzene rings is 2. The molecule has 1 aliphatic rings. The molecule has 0 bridgehead atoms. The summed E-state index contributed by atoms with van der Waals surface area (Å²) in [6.45, 7) is 5.03. The van der Waals surface area contributed by atoms with Crippen LogP contribution < -0.4 is 21.2 Å². The van der Waals surface area contributed by atoms with Crippen molar-refractivity contribution in [2.75, 3.05) is 24.2 Å². The number of rotatable bonds is 6. The van der Waals surface area contributed by atoms with Crippen LogP contribution in [-0.2, 0) is 13.0 Å². The van der Waals surface area contributed by atoms with Gasteiger partial charge in [-0.3, -0.25) is 4.79 Å². The molecule has 0 saturated heterocycles. The van der Waals surface area contributed by atoms with Crippen LogP contribution in [0.2, 0.25) is 0 Å². The molecule has 0 unspecified atom stereocenters. The molecule has 1 aliphatic heterocycles. The van der Waals surface area contributed by atoms with Gasteiger partial charge < -0.3 is 25.5 Å². The first-order valence-corrected chi connectivity index (χ1v) is 10.5. The summed E-state index contributed by atoms with van der Waals surface area (Å²) in [6.07, 6.45) is 2.86. The maximum atomic E-state index is 15.4. The third-order valence-corrected chi connectivity index (χ3v) is 5.67. The summed E-state index contributed by atoms with van der Waals surface area (Å²) in [4.78, 5) is 24.5. The Balaban J connectivity index is 1.79. The SMILES string of the molecule is CC1(C)COc2c(NCCCc3ccccc3)c(F)c(N)c3c(=O)c(C(=O)O)cn(c23)C1. The van der Waals surface area contributed by atoms with E-state index in [-0.39, 0.29) is 34.5 Å². The van der Waals surface area contributed by atoms with Crippen molar-refractivity contribution in [1.82, 2.24) is 4.57 Å². The van der Waals surface area contributed by atoms with E-state index in [0.717, 1.165) is 12.8 Å². The Bertz CT molecular complexity index is 1250. The van der Waals surface area contributed by atoms with E-state index >= 15 is 4.39 Å². The van der Waals surface area contributed by atoms with Crippen molar-refractivity contribution in [2.45, 2.75) is 33.2 Å². The van der Waals surface area contributed by atoms with E-state index in [0.29, 0.717) is 18.6 Å². The second kappa shape index (κ2) is 8.18. The van der Waals surface area contributed by atoms with Gasteiger partial charge in [0.25, 0.3) is 0 Å². The highest BCUT2D eigenvalue weighted by Crippen LogP contribution is 2.43. The molecule has 3 aromatic rings. The molecule has 8 heteroatoms. The number of pyridine rings is 1. The van der Waals surface area contributed by atoms with Gasteiger partial charge >= 0.3 is 5.97 Å². The number of carbonyl (C=O) groups is 1. The summed E-state index contributed by atoms with van der Waals surface area (Å²) in [5.74, 6) is -2.00. The van der Waals surface area contributed by atoms with Crippen LogP contribution in [0.25, 0.3) is 10.9 Å². The number of hydrogen-bond donors (Lipinski definition) is 3. The molecular formula is C24H26FN3O4.